The van der Waals surface area contributed by atoms with E-state index in [9.17, 15) is 4.79 Å². The Hall–Kier alpha value is -0.630. The highest BCUT2D eigenvalue weighted by Crippen LogP contribution is 2.43. The Kier molecular flexibility index (Phi) is 3.67. The maximum absolute atomic E-state index is 11.5. The molecule has 0 aromatic carbocycles. The summed E-state index contributed by atoms with van der Waals surface area (Å²) in [7, 11) is 0. The summed E-state index contributed by atoms with van der Waals surface area (Å²) in [5.41, 5.74) is 5.85. The van der Waals surface area contributed by atoms with Crippen molar-refractivity contribution in [1.82, 2.24) is 0 Å². The Bertz CT molecular complexity index is 189. The number of carbonyl (C=O) groups is 1. The van der Waals surface area contributed by atoms with E-state index < -0.39 is 0 Å². The van der Waals surface area contributed by atoms with Crippen LogP contribution in [0.15, 0.2) is 12.7 Å². The molecule has 2 nitrogen and oxygen atoms in total. The van der Waals surface area contributed by atoms with Gasteiger partial charge < -0.3 is 5.73 Å². The van der Waals surface area contributed by atoms with Crippen LogP contribution < -0.4 is 5.73 Å². The summed E-state index contributed by atoms with van der Waals surface area (Å²) in [6, 6.07) is 0. The summed E-state index contributed by atoms with van der Waals surface area (Å²) in [6.45, 7) is 4.28. The molecule has 1 aliphatic rings. The van der Waals surface area contributed by atoms with Gasteiger partial charge in [0.25, 0.3) is 0 Å². The van der Waals surface area contributed by atoms with Gasteiger partial charge in [-0.1, -0.05) is 12.5 Å². The fourth-order valence-corrected chi connectivity index (χ4v) is 1.90. The molecule has 0 atom stereocenters. The predicted octanol–water partition coefficient (Wildman–Crippen LogP) is 2.04. The van der Waals surface area contributed by atoms with E-state index in [-0.39, 0.29) is 5.41 Å². The van der Waals surface area contributed by atoms with E-state index in [0.717, 1.165) is 19.3 Å². The third-order valence-electron chi connectivity index (χ3n) is 3.05. The van der Waals surface area contributed by atoms with Gasteiger partial charge in [-0.3, -0.25) is 4.79 Å². The van der Waals surface area contributed by atoms with Crippen LogP contribution >= 0.6 is 0 Å². The zero-order valence-electron chi connectivity index (χ0n) is 8.22. The van der Waals surface area contributed by atoms with Crippen molar-refractivity contribution >= 4 is 5.78 Å². The van der Waals surface area contributed by atoms with Crippen molar-refractivity contribution in [2.24, 2.45) is 11.1 Å². The van der Waals surface area contributed by atoms with Gasteiger partial charge in [-0.05, 0) is 31.2 Å². The van der Waals surface area contributed by atoms with Crippen molar-refractivity contribution in [3.05, 3.63) is 12.7 Å². The number of allylic oxidation sites excluding steroid dienone is 1. The summed E-state index contributed by atoms with van der Waals surface area (Å²) in [4.78, 5) is 11.5. The second kappa shape index (κ2) is 4.56. The number of rotatable bonds is 6. The molecular weight excluding hydrogens is 162 g/mol. The highest BCUT2D eigenvalue weighted by atomic mass is 16.1. The molecule has 0 amide bonds. The lowest BCUT2D eigenvalue weighted by Crippen LogP contribution is -2.39. The van der Waals surface area contributed by atoms with Crippen molar-refractivity contribution in [2.45, 2.75) is 38.5 Å². The van der Waals surface area contributed by atoms with Gasteiger partial charge in [-0.15, -0.1) is 6.58 Å². The summed E-state index contributed by atoms with van der Waals surface area (Å²) in [5, 5.41) is 0. The zero-order chi connectivity index (χ0) is 9.73. The van der Waals surface area contributed by atoms with Crippen molar-refractivity contribution < 1.29 is 4.79 Å². The molecule has 0 radical (unpaired) electrons. The van der Waals surface area contributed by atoms with Gasteiger partial charge in [-0.25, -0.2) is 0 Å². The van der Waals surface area contributed by atoms with Gasteiger partial charge in [0.15, 0.2) is 0 Å². The zero-order valence-corrected chi connectivity index (χ0v) is 8.22. The first kappa shape index (κ1) is 10.5. The second-order valence-corrected chi connectivity index (χ2v) is 4.10. The monoisotopic (exact) mass is 181 g/mol. The minimum Gasteiger partial charge on any atom is -0.330 e. The van der Waals surface area contributed by atoms with Crippen molar-refractivity contribution in [1.29, 1.82) is 0 Å². The smallest absolute Gasteiger partial charge is 0.133 e. The topological polar surface area (TPSA) is 43.1 Å². The van der Waals surface area contributed by atoms with E-state index in [4.69, 9.17) is 5.73 Å². The second-order valence-electron chi connectivity index (χ2n) is 4.10. The molecule has 2 heteroatoms. The van der Waals surface area contributed by atoms with Gasteiger partial charge in [0.2, 0.25) is 0 Å². The number of hydrogen-bond acceptors (Lipinski definition) is 2. The van der Waals surface area contributed by atoms with Crippen LogP contribution in [0.4, 0.5) is 0 Å². The Morgan fingerprint density at radius 3 is 2.62 bits per heavy atom. The van der Waals surface area contributed by atoms with Crippen molar-refractivity contribution in [2.75, 3.05) is 6.54 Å². The first-order chi connectivity index (χ1) is 6.22. The Morgan fingerprint density at radius 1 is 1.54 bits per heavy atom. The summed E-state index contributed by atoms with van der Waals surface area (Å²) >= 11 is 0. The quantitative estimate of drug-likeness (QED) is 0.637. The van der Waals surface area contributed by atoms with Crippen LogP contribution in [0.2, 0.25) is 0 Å². The normalized spacial score (nSPS) is 19.2. The molecule has 0 aliphatic heterocycles. The maximum Gasteiger partial charge on any atom is 0.133 e. The lowest BCUT2D eigenvalue weighted by Gasteiger charge is -2.40. The van der Waals surface area contributed by atoms with E-state index in [1.54, 1.807) is 6.08 Å². The predicted molar refractivity (Wildman–Crippen MR) is 54.4 cm³/mol. The first-order valence-corrected chi connectivity index (χ1v) is 5.05. The summed E-state index contributed by atoms with van der Waals surface area (Å²) in [6.07, 6.45) is 7.47. The van der Waals surface area contributed by atoms with Gasteiger partial charge in [-0.2, -0.15) is 0 Å². The summed E-state index contributed by atoms with van der Waals surface area (Å²) in [5.74, 6) is 0.352. The molecule has 1 fully saturated rings. The van der Waals surface area contributed by atoms with Crippen molar-refractivity contribution in [3.8, 4) is 0 Å². The average Bonchev–Trinajstić information content (AvgIpc) is 2.08. The minimum atomic E-state index is 0.179. The molecule has 0 saturated heterocycles. The highest BCUT2D eigenvalue weighted by molar-refractivity contribution is 5.79. The Morgan fingerprint density at radius 2 is 2.23 bits per heavy atom. The Labute approximate surface area is 80.2 Å². The molecular formula is C11H19NO. The first-order valence-electron chi connectivity index (χ1n) is 5.05. The lowest BCUT2D eigenvalue weighted by atomic mass is 9.66. The lowest BCUT2D eigenvalue weighted by molar-refractivity contribution is -0.122. The molecule has 1 aliphatic carbocycles. The van der Waals surface area contributed by atoms with Crippen molar-refractivity contribution in [3.63, 3.8) is 0 Å². The fourth-order valence-electron chi connectivity index (χ4n) is 1.90. The number of hydrogen-bond donors (Lipinski definition) is 1. The van der Waals surface area contributed by atoms with Gasteiger partial charge >= 0.3 is 0 Å². The van der Waals surface area contributed by atoms with E-state index in [0.29, 0.717) is 25.2 Å². The molecule has 0 heterocycles. The van der Waals surface area contributed by atoms with Crippen LogP contribution in [0.1, 0.15) is 38.5 Å². The van der Waals surface area contributed by atoms with Crippen LogP contribution in [0.3, 0.4) is 0 Å². The van der Waals surface area contributed by atoms with E-state index in [1.165, 1.54) is 6.42 Å². The van der Waals surface area contributed by atoms with Crippen LogP contribution in [0.25, 0.3) is 0 Å². The van der Waals surface area contributed by atoms with E-state index in [1.807, 2.05) is 0 Å². The molecule has 0 spiro atoms. The molecule has 1 rings (SSSR count). The molecule has 0 aromatic rings. The summed E-state index contributed by atoms with van der Waals surface area (Å²) < 4.78 is 0. The molecule has 0 bridgehead atoms. The number of Topliss-reactive ketones (excluding diaryl/α,β-unsaturated/α-hetero) is 1. The standard InChI is InChI=1S/C11H19NO/c1-2-3-5-10(13)8-11(9-12)6-4-7-11/h2H,1,3-9,12H2. The van der Waals surface area contributed by atoms with E-state index >= 15 is 0 Å². The molecule has 74 valence electrons. The molecule has 13 heavy (non-hydrogen) atoms. The third-order valence-corrected chi connectivity index (χ3v) is 3.05. The number of carbonyl (C=O) groups excluding carboxylic acids is 1. The minimum absolute atomic E-state index is 0.179. The van der Waals surface area contributed by atoms with Crippen LogP contribution in [-0.2, 0) is 4.79 Å². The molecule has 2 N–H and O–H groups in total. The SMILES string of the molecule is C=CCCC(=O)CC1(CN)CCC1. The third kappa shape index (κ3) is 2.66. The molecule has 1 saturated carbocycles. The number of ketones is 1. The maximum atomic E-state index is 11.5. The van der Waals surface area contributed by atoms with Gasteiger partial charge in [0.05, 0.1) is 0 Å². The average molecular weight is 181 g/mol. The van der Waals surface area contributed by atoms with Crippen LogP contribution in [-0.4, -0.2) is 12.3 Å². The van der Waals surface area contributed by atoms with E-state index in [2.05, 4.69) is 6.58 Å². The fraction of sp³-hybridized carbons (Fsp3) is 0.727. The molecule has 0 unspecified atom stereocenters. The number of nitrogens with two attached hydrogens (primary N) is 1. The van der Waals surface area contributed by atoms with Gasteiger partial charge in [0, 0.05) is 12.8 Å². The van der Waals surface area contributed by atoms with Crippen LogP contribution in [0.5, 0.6) is 0 Å². The highest BCUT2D eigenvalue weighted by Gasteiger charge is 2.36. The van der Waals surface area contributed by atoms with Gasteiger partial charge in [0.1, 0.15) is 5.78 Å². The largest absolute Gasteiger partial charge is 0.330 e. The molecule has 0 aromatic heterocycles. The van der Waals surface area contributed by atoms with Crippen LogP contribution in [0, 0.1) is 5.41 Å². The Balaban J connectivity index is 2.29.